The molecule has 6 nitrogen and oxygen atoms in total. The molecule has 0 radical (unpaired) electrons. The Morgan fingerprint density at radius 2 is 0.574 bits per heavy atom. The number of carbonyl (C=O) groups excluding carboxylic acids is 3. The van der Waals surface area contributed by atoms with Crippen molar-refractivity contribution in [2.75, 3.05) is 13.2 Å². The zero-order valence-corrected chi connectivity index (χ0v) is 41.6. The van der Waals surface area contributed by atoms with Gasteiger partial charge >= 0.3 is 17.9 Å². The molecule has 0 bridgehead atoms. The summed E-state index contributed by atoms with van der Waals surface area (Å²) in [5, 5.41) is 0. The Morgan fingerprint density at radius 3 is 0.852 bits per heavy atom. The van der Waals surface area contributed by atoms with E-state index in [2.05, 4.69) is 27.7 Å². The second-order valence-electron chi connectivity index (χ2n) is 19.1. The maximum Gasteiger partial charge on any atom is 0.306 e. The number of ether oxygens (including phenoxy) is 3. The minimum atomic E-state index is -0.759. The summed E-state index contributed by atoms with van der Waals surface area (Å²) in [5.41, 5.74) is 0. The first-order valence-electron chi connectivity index (χ1n) is 27.4. The first-order chi connectivity index (χ1) is 29.9. The van der Waals surface area contributed by atoms with Gasteiger partial charge in [-0.3, -0.25) is 14.4 Å². The standard InChI is InChI=1S/C55H106O6/c1-5-8-10-12-14-16-17-27-32-36-40-44-48-55(58)61-52(49-59-53(56)46-42-38-34-29-15-13-11-9-6-2)50-60-54(57)47-43-39-35-31-28-25-23-21-19-18-20-22-24-26-30-33-37-41-45-51(4)7-3/h51-52H,5-50H2,1-4H3/t51?,52-/m0/s1. The molecule has 2 atom stereocenters. The fourth-order valence-corrected chi connectivity index (χ4v) is 8.36. The van der Waals surface area contributed by atoms with E-state index in [4.69, 9.17) is 14.2 Å². The smallest absolute Gasteiger partial charge is 0.306 e. The van der Waals surface area contributed by atoms with Gasteiger partial charge in [-0.2, -0.15) is 0 Å². The van der Waals surface area contributed by atoms with Gasteiger partial charge in [0.05, 0.1) is 0 Å². The molecular formula is C55H106O6. The normalized spacial score (nSPS) is 12.4. The summed E-state index contributed by atoms with van der Waals surface area (Å²) < 4.78 is 16.8. The summed E-state index contributed by atoms with van der Waals surface area (Å²) >= 11 is 0. The summed E-state index contributed by atoms with van der Waals surface area (Å²) in [5.74, 6) is 0.0658. The van der Waals surface area contributed by atoms with E-state index in [1.165, 1.54) is 205 Å². The van der Waals surface area contributed by atoms with Gasteiger partial charge in [0.25, 0.3) is 0 Å². The van der Waals surface area contributed by atoms with Crippen LogP contribution in [0.2, 0.25) is 0 Å². The van der Waals surface area contributed by atoms with E-state index in [9.17, 15) is 14.4 Å². The van der Waals surface area contributed by atoms with E-state index in [1.807, 2.05) is 0 Å². The van der Waals surface area contributed by atoms with Gasteiger partial charge in [0.15, 0.2) is 6.10 Å². The van der Waals surface area contributed by atoms with Crippen molar-refractivity contribution in [3.8, 4) is 0 Å². The predicted molar refractivity (Wildman–Crippen MR) is 261 cm³/mol. The molecule has 0 aliphatic heterocycles. The zero-order valence-electron chi connectivity index (χ0n) is 41.6. The summed E-state index contributed by atoms with van der Waals surface area (Å²) in [4.78, 5) is 37.9. The molecular weight excluding hydrogens is 757 g/mol. The average molecular weight is 863 g/mol. The average Bonchev–Trinajstić information content (AvgIpc) is 3.26. The maximum atomic E-state index is 12.8. The molecule has 0 saturated carbocycles. The van der Waals surface area contributed by atoms with Crippen LogP contribution in [0, 0.1) is 5.92 Å². The highest BCUT2D eigenvalue weighted by atomic mass is 16.6. The van der Waals surface area contributed by atoms with Crippen LogP contribution < -0.4 is 0 Å². The van der Waals surface area contributed by atoms with Crippen molar-refractivity contribution in [2.24, 2.45) is 5.92 Å². The van der Waals surface area contributed by atoms with Crippen LogP contribution in [0.15, 0.2) is 0 Å². The molecule has 0 aromatic heterocycles. The van der Waals surface area contributed by atoms with Gasteiger partial charge in [-0.25, -0.2) is 0 Å². The molecule has 0 aliphatic rings. The number of rotatable bonds is 50. The Hall–Kier alpha value is -1.59. The number of hydrogen-bond acceptors (Lipinski definition) is 6. The summed E-state index contributed by atoms with van der Waals surface area (Å²) in [7, 11) is 0. The molecule has 0 amide bonds. The largest absolute Gasteiger partial charge is 0.462 e. The number of unbranched alkanes of at least 4 members (excludes halogenated alkanes) is 36. The van der Waals surface area contributed by atoms with Crippen molar-refractivity contribution in [3.63, 3.8) is 0 Å². The predicted octanol–water partition coefficient (Wildman–Crippen LogP) is 17.8. The molecule has 0 aromatic carbocycles. The van der Waals surface area contributed by atoms with Crippen molar-refractivity contribution in [3.05, 3.63) is 0 Å². The van der Waals surface area contributed by atoms with E-state index >= 15 is 0 Å². The number of esters is 3. The van der Waals surface area contributed by atoms with Gasteiger partial charge < -0.3 is 14.2 Å². The third-order valence-electron chi connectivity index (χ3n) is 12.9. The highest BCUT2D eigenvalue weighted by Crippen LogP contribution is 2.18. The zero-order chi connectivity index (χ0) is 44.5. The number of hydrogen-bond donors (Lipinski definition) is 0. The molecule has 0 rings (SSSR count). The van der Waals surface area contributed by atoms with Gasteiger partial charge in [0.2, 0.25) is 0 Å². The van der Waals surface area contributed by atoms with E-state index in [0.717, 1.165) is 63.7 Å². The Kier molecular flexibility index (Phi) is 48.1. The first kappa shape index (κ1) is 59.4. The first-order valence-corrected chi connectivity index (χ1v) is 27.4. The van der Waals surface area contributed by atoms with Crippen molar-refractivity contribution in [2.45, 2.75) is 316 Å². The summed E-state index contributed by atoms with van der Waals surface area (Å²) in [6, 6.07) is 0. The SMILES string of the molecule is CCCCCCCCCCCCCCC(=O)O[C@@H](COC(=O)CCCCCCCCCCC)COC(=O)CCCCCCCCCCCCCCCCCCCCC(C)CC. The van der Waals surface area contributed by atoms with Crippen molar-refractivity contribution in [1.82, 2.24) is 0 Å². The molecule has 0 aliphatic carbocycles. The summed E-state index contributed by atoms with van der Waals surface area (Å²) in [6.45, 7) is 9.07. The minimum absolute atomic E-state index is 0.0624. The van der Waals surface area contributed by atoms with Crippen LogP contribution >= 0.6 is 0 Å². The Labute approximate surface area is 380 Å². The number of carbonyl (C=O) groups is 3. The lowest BCUT2D eigenvalue weighted by atomic mass is 9.99. The summed E-state index contributed by atoms with van der Waals surface area (Å²) in [6.07, 6.45) is 52.4. The van der Waals surface area contributed by atoms with E-state index < -0.39 is 6.10 Å². The van der Waals surface area contributed by atoms with Crippen LogP contribution in [0.1, 0.15) is 310 Å². The second kappa shape index (κ2) is 49.4. The highest BCUT2D eigenvalue weighted by Gasteiger charge is 2.19. The van der Waals surface area contributed by atoms with E-state index in [1.54, 1.807) is 0 Å². The van der Waals surface area contributed by atoms with Gasteiger partial charge in [-0.05, 0) is 25.2 Å². The molecule has 0 N–H and O–H groups in total. The van der Waals surface area contributed by atoms with Crippen LogP contribution in [-0.4, -0.2) is 37.2 Å². The molecule has 0 saturated heterocycles. The molecule has 61 heavy (non-hydrogen) atoms. The minimum Gasteiger partial charge on any atom is -0.462 e. The van der Waals surface area contributed by atoms with Crippen LogP contribution in [0.25, 0.3) is 0 Å². The van der Waals surface area contributed by atoms with Gasteiger partial charge in [0.1, 0.15) is 13.2 Å². The van der Waals surface area contributed by atoms with Gasteiger partial charge in [0, 0.05) is 19.3 Å². The molecule has 0 aromatic rings. The Bertz CT molecular complexity index is 920. The van der Waals surface area contributed by atoms with E-state index in [0.29, 0.717) is 19.3 Å². The maximum absolute atomic E-state index is 12.8. The Morgan fingerprint density at radius 1 is 0.328 bits per heavy atom. The molecule has 6 heteroatoms. The van der Waals surface area contributed by atoms with Gasteiger partial charge in [-0.15, -0.1) is 0 Å². The fourth-order valence-electron chi connectivity index (χ4n) is 8.36. The monoisotopic (exact) mass is 863 g/mol. The Balaban J connectivity index is 4.15. The van der Waals surface area contributed by atoms with Crippen LogP contribution in [0.3, 0.4) is 0 Å². The van der Waals surface area contributed by atoms with Crippen molar-refractivity contribution in [1.29, 1.82) is 0 Å². The third kappa shape index (κ3) is 47.7. The van der Waals surface area contributed by atoms with E-state index in [-0.39, 0.29) is 31.1 Å². The lowest BCUT2D eigenvalue weighted by Crippen LogP contribution is -2.30. The van der Waals surface area contributed by atoms with Crippen molar-refractivity contribution >= 4 is 17.9 Å². The van der Waals surface area contributed by atoms with Gasteiger partial charge in [-0.1, -0.05) is 272 Å². The van der Waals surface area contributed by atoms with Crippen LogP contribution in [0.5, 0.6) is 0 Å². The molecule has 1 unspecified atom stereocenters. The van der Waals surface area contributed by atoms with Crippen LogP contribution in [-0.2, 0) is 28.6 Å². The van der Waals surface area contributed by atoms with Crippen molar-refractivity contribution < 1.29 is 28.6 Å². The molecule has 0 spiro atoms. The lowest BCUT2D eigenvalue weighted by Gasteiger charge is -2.18. The molecule has 0 heterocycles. The topological polar surface area (TPSA) is 78.9 Å². The second-order valence-corrected chi connectivity index (χ2v) is 19.1. The fraction of sp³-hybridized carbons (Fsp3) is 0.945. The third-order valence-corrected chi connectivity index (χ3v) is 12.9. The quantitative estimate of drug-likeness (QED) is 0.0344. The highest BCUT2D eigenvalue weighted by molar-refractivity contribution is 5.71. The van der Waals surface area contributed by atoms with Crippen LogP contribution in [0.4, 0.5) is 0 Å². The molecule has 0 fully saturated rings. The lowest BCUT2D eigenvalue weighted by molar-refractivity contribution is -0.167. The molecule has 362 valence electrons.